The van der Waals surface area contributed by atoms with Crippen LogP contribution in [0.2, 0.25) is 0 Å². The Labute approximate surface area is 239 Å². The lowest BCUT2D eigenvalue weighted by molar-refractivity contribution is -0.141. The van der Waals surface area contributed by atoms with Gasteiger partial charge in [0.2, 0.25) is 0 Å². The van der Waals surface area contributed by atoms with Crippen molar-refractivity contribution in [3.05, 3.63) is 29.3 Å². The van der Waals surface area contributed by atoms with Crippen molar-refractivity contribution in [2.75, 3.05) is 24.3 Å². The van der Waals surface area contributed by atoms with Crippen LogP contribution < -0.4 is 0 Å². The second-order valence-corrected chi connectivity index (χ2v) is 14.6. The summed E-state index contributed by atoms with van der Waals surface area (Å²) >= 11 is 5.05. The first-order chi connectivity index (χ1) is 18.0. The molecule has 1 fully saturated rings. The highest BCUT2D eigenvalue weighted by Crippen LogP contribution is 2.43. The lowest BCUT2D eigenvalue weighted by Gasteiger charge is -2.34. The van der Waals surface area contributed by atoms with Crippen LogP contribution in [-0.4, -0.2) is 89.7 Å². The fourth-order valence-electron chi connectivity index (χ4n) is 5.37. The number of thioether (sulfide) groups is 3. The van der Waals surface area contributed by atoms with Crippen molar-refractivity contribution in [1.82, 2.24) is 4.90 Å². The molecule has 5 atom stereocenters. The van der Waals surface area contributed by atoms with Crippen LogP contribution in [-0.2, 0) is 11.2 Å². The highest BCUT2D eigenvalue weighted by molar-refractivity contribution is 8.15. The Morgan fingerprint density at radius 2 is 2.03 bits per heavy atom. The lowest BCUT2D eigenvalue weighted by Crippen LogP contribution is -2.46. The molecular weight excluding hydrogens is 539 g/mol. The Hall–Kier alpha value is -1.20. The quantitative estimate of drug-likeness (QED) is 0.310. The number of benzene rings is 1. The number of carboxylic acid groups (broad SMARTS) is 1. The standard InChI is InChI=1S/C28H41N3O4S3/c1-6-7-8-10-17-11-9-12-20(32)22(17)23-29-18(14-36-23)24-31(5)19(15-37-24)21(33)13-27(2,3)25-30-28(4,16-38-25)26(34)35/h9,11-12,18-19,21,24,32-33H,6-8,10,13-16H2,1-5H3,(H,34,35). The molecule has 0 spiro atoms. The summed E-state index contributed by atoms with van der Waals surface area (Å²) in [6.45, 7) is 7.95. The van der Waals surface area contributed by atoms with E-state index in [-0.39, 0.29) is 17.5 Å². The Balaban J connectivity index is 1.43. The van der Waals surface area contributed by atoms with Gasteiger partial charge in [-0.2, -0.15) is 0 Å². The van der Waals surface area contributed by atoms with E-state index in [1.165, 1.54) is 23.7 Å². The number of phenolic OH excluding ortho intramolecular Hbond substituents is 1. The minimum Gasteiger partial charge on any atom is -0.507 e. The molecule has 5 unspecified atom stereocenters. The maximum atomic E-state index is 11.6. The SMILES string of the molecule is CCCCCc1cccc(O)c1C1=NC(C2SCC(C(O)CC(C)(C)C3=NC(C)(C(=O)O)CS3)N2C)CS1. The summed E-state index contributed by atoms with van der Waals surface area (Å²) in [6, 6.07) is 5.86. The Morgan fingerprint density at radius 3 is 2.71 bits per heavy atom. The molecule has 1 aromatic rings. The molecular formula is C28H41N3O4S3. The molecule has 1 aromatic carbocycles. The van der Waals surface area contributed by atoms with E-state index in [4.69, 9.17) is 4.99 Å². The van der Waals surface area contributed by atoms with Gasteiger partial charge >= 0.3 is 5.97 Å². The fourth-order valence-corrected chi connectivity index (χ4v) is 9.63. The number of aromatic hydroxyl groups is 1. The molecule has 3 N–H and O–H groups in total. The molecule has 0 aliphatic carbocycles. The van der Waals surface area contributed by atoms with E-state index in [1.807, 2.05) is 31.7 Å². The van der Waals surface area contributed by atoms with E-state index >= 15 is 0 Å². The van der Waals surface area contributed by atoms with Crippen molar-refractivity contribution in [3.63, 3.8) is 0 Å². The molecule has 10 heteroatoms. The highest BCUT2D eigenvalue weighted by atomic mass is 32.2. The average molecular weight is 580 g/mol. The van der Waals surface area contributed by atoms with Gasteiger partial charge in [-0.05, 0) is 44.9 Å². The number of rotatable bonds is 11. The van der Waals surface area contributed by atoms with E-state index < -0.39 is 23.0 Å². The lowest BCUT2D eigenvalue weighted by atomic mass is 9.85. The van der Waals surface area contributed by atoms with Gasteiger partial charge in [0.25, 0.3) is 0 Å². The summed E-state index contributed by atoms with van der Waals surface area (Å²) in [5.41, 5.74) is 0.559. The van der Waals surface area contributed by atoms with Gasteiger partial charge in [-0.15, -0.1) is 35.3 Å². The molecule has 0 bridgehead atoms. The number of aliphatic imine (C=N–C) groups is 2. The van der Waals surface area contributed by atoms with E-state index in [0.717, 1.165) is 46.4 Å². The number of carbonyl (C=O) groups is 1. The largest absolute Gasteiger partial charge is 0.507 e. The molecule has 0 radical (unpaired) electrons. The normalized spacial score (nSPS) is 28.9. The van der Waals surface area contributed by atoms with Gasteiger partial charge in [0, 0.05) is 28.7 Å². The molecule has 3 aliphatic rings. The Bertz CT molecular complexity index is 1100. The van der Waals surface area contributed by atoms with E-state index in [9.17, 15) is 20.1 Å². The highest BCUT2D eigenvalue weighted by Gasteiger charge is 2.46. The number of hydrogen-bond acceptors (Lipinski definition) is 9. The number of aliphatic carboxylic acids is 1. The minimum absolute atomic E-state index is 0.0129. The summed E-state index contributed by atoms with van der Waals surface area (Å²) < 4.78 is 0. The van der Waals surface area contributed by atoms with Gasteiger partial charge in [-0.1, -0.05) is 45.7 Å². The summed E-state index contributed by atoms with van der Waals surface area (Å²) in [7, 11) is 2.07. The number of nitrogens with zero attached hydrogens (tertiary/aromatic N) is 3. The number of aliphatic hydroxyl groups is 1. The number of likely N-dealkylation sites (N-methyl/N-ethyl adjacent to an activating group) is 1. The first-order valence-electron chi connectivity index (χ1n) is 13.5. The summed E-state index contributed by atoms with van der Waals surface area (Å²) in [4.78, 5) is 23.6. The van der Waals surface area contributed by atoms with Crippen molar-refractivity contribution in [1.29, 1.82) is 0 Å². The first kappa shape index (κ1) is 29.8. The van der Waals surface area contributed by atoms with Crippen molar-refractivity contribution >= 4 is 51.3 Å². The number of phenols is 1. The van der Waals surface area contributed by atoms with E-state index in [1.54, 1.807) is 24.8 Å². The van der Waals surface area contributed by atoms with Gasteiger partial charge < -0.3 is 15.3 Å². The van der Waals surface area contributed by atoms with Gasteiger partial charge in [-0.3, -0.25) is 14.9 Å². The predicted octanol–water partition coefficient (Wildman–Crippen LogP) is 5.13. The zero-order valence-electron chi connectivity index (χ0n) is 23.0. The van der Waals surface area contributed by atoms with Gasteiger partial charge in [-0.25, -0.2) is 4.79 Å². The van der Waals surface area contributed by atoms with Crippen molar-refractivity contribution in [3.8, 4) is 5.75 Å². The Morgan fingerprint density at radius 1 is 1.26 bits per heavy atom. The third-order valence-corrected chi connectivity index (χ3v) is 12.0. The van der Waals surface area contributed by atoms with Crippen LogP contribution in [0, 0.1) is 5.41 Å². The van der Waals surface area contributed by atoms with E-state index in [2.05, 4.69) is 29.9 Å². The van der Waals surface area contributed by atoms with Crippen LogP contribution in [0.15, 0.2) is 28.2 Å². The molecule has 7 nitrogen and oxygen atoms in total. The smallest absolute Gasteiger partial charge is 0.332 e. The molecule has 38 heavy (non-hydrogen) atoms. The van der Waals surface area contributed by atoms with Crippen molar-refractivity contribution < 1.29 is 20.1 Å². The van der Waals surface area contributed by atoms with Crippen LogP contribution in [0.3, 0.4) is 0 Å². The van der Waals surface area contributed by atoms with Crippen LogP contribution in [0.25, 0.3) is 0 Å². The molecule has 3 aliphatic heterocycles. The molecule has 0 aromatic heterocycles. The fraction of sp³-hybridized carbons (Fsp3) is 0.679. The van der Waals surface area contributed by atoms with Crippen LogP contribution >= 0.6 is 35.3 Å². The molecule has 210 valence electrons. The van der Waals surface area contributed by atoms with Gasteiger partial charge in [0.15, 0.2) is 5.54 Å². The minimum atomic E-state index is -1.09. The molecule has 0 amide bonds. The summed E-state index contributed by atoms with van der Waals surface area (Å²) in [5, 5.41) is 33.5. The average Bonchev–Trinajstić information content (AvgIpc) is 3.58. The maximum Gasteiger partial charge on any atom is 0.332 e. The van der Waals surface area contributed by atoms with Gasteiger partial charge in [0.05, 0.1) is 28.1 Å². The number of aryl methyl sites for hydroxylation is 1. The van der Waals surface area contributed by atoms with E-state index in [0.29, 0.717) is 17.9 Å². The van der Waals surface area contributed by atoms with Gasteiger partial charge in [0.1, 0.15) is 10.8 Å². The third-order valence-electron chi connectivity index (χ3n) is 7.80. The number of carboxylic acids is 1. The molecule has 0 saturated carbocycles. The zero-order chi connectivity index (χ0) is 27.7. The first-order valence-corrected chi connectivity index (χ1v) is 16.5. The molecule has 4 rings (SSSR count). The molecule has 1 saturated heterocycles. The van der Waals surface area contributed by atoms with Crippen LogP contribution in [0.5, 0.6) is 5.75 Å². The summed E-state index contributed by atoms with van der Waals surface area (Å²) in [5.74, 6) is 1.50. The molecule has 3 heterocycles. The number of unbranched alkanes of at least 4 members (excludes halogenated alkanes) is 2. The van der Waals surface area contributed by atoms with Crippen molar-refractivity contribution in [2.45, 2.75) is 88.9 Å². The van der Waals surface area contributed by atoms with Crippen LogP contribution in [0.4, 0.5) is 0 Å². The Kier molecular flexibility index (Phi) is 9.50. The third kappa shape index (κ3) is 6.24. The number of hydrogen-bond donors (Lipinski definition) is 3. The van der Waals surface area contributed by atoms with Crippen LogP contribution in [0.1, 0.15) is 64.5 Å². The van der Waals surface area contributed by atoms with Crippen molar-refractivity contribution in [2.24, 2.45) is 15.4 Å². The maximum absolute atomic E-state index is 11.6. The topological polar surface area (TPSA) is 106 Å². The second-order valence-electron chi connectivity index (χ2n) is 11.5. The monoisotopic (exact) mass is 579 g/mol. The number of aliphatic hydroxyl groups excluding tert-OH is 1. The predicted molar refractivity (Wildman–Crippen MR) is 162 cm³/mol. The zero-order valence-corrected chi connectivity index (χ0v) is 25.5. The second kappa shape index (κ2) is 12.1. The summed E-state index contributed by atoms with van der Waals surface area (Å²) in [6.07, 6.45) is 4.34.